The van der Waals surface area contributed by atoms with Crippen molar-refractivity contribution in [3.63, 3.8) is 0 Å². The van der Waals surface area contributed by atoms with Gasteiger partial charge in [0.05, 0.1) is 11.7 Å². The molecule has 1 heterocycles. The molecule has 0 aliphatic carbocycles. The molecule has 1 rings (SSSR count). The predicted octanol–water partition coefficient (Wildman–Crippen LogP) is 2.34. The fraction of sp³-hybridized carbons (Fsp3) is 0.583. The summed E-state index contributed by atoms with van der Waals surface area (Å²) >= 11 is 0. The average Bonchev–Trinajstić information content (AvgIpc) is 2.30. The Hall–Kier alpha value is -0.930. The van der Waals surface area contributed by atoms with Crippen LogP contribution >= 0.6 is 0 Å². The van der Waals surface area contributed by atoms with Crippen molar-refractivity contribution < 1.29 is 0 Å². The molecule has 3 heteroatoms. The molecule has 0 saturated carbocycles. The molecule has 0 fully saturated rings. The van der Waals surface area contributed by atoms with Gasteiger partial charge in [-0.25, -0.2) is 0 Å². The molecular formula is C12H21N3. The highest BCUT2D eigenvalue weighted by Gasteiger charge is 2.13. The molecule has 3 N–H and O–H groups in total. The number of unbranched alkanes of at least 4 members (excludes halogenated alkanes) is 1. The molecule has 0 radical (unpaired) electrons. The SMILES string of the molecule is CCCCC(NN)c1ncccc1CC. The van der Waals surface area contributed by atoms with Gasteiger partial charge in [0.15, 0.2) is 0 Å². The first kappa shape index (κ1) is 12.1. The molecule has 1 atom stereocenters. The van der Waals surface area contributed by atoms with Crippen molar-refractivity contribution in [1.82, 2.24) is 10.4 Å². The normalized spacial score (nSPS) is 12.7. The van der Waals surface area contributed by atoms with Gasteiger partial charge in [-0.3, -0.25) is 16.3 Å². The first-order valence-corrected chi connectivity index (χ1v) is 5.73. The van der Waals surface area contributed by atoms with Crippen molar-refractivity contribution in [2.24, 2.45) is 5.84 Å². The monoisotopic (exact) mass is 207 g/mol. The summed E-state index contributed by atoms with van der Waals surface area (Å²) in [5, 5.41) is 0. The number of aryl methyl sites for hydroxylation is 1. The van der Waals surface area contributed by atoms with E-state index >= 15 is 0 Å². The van der Waals surface area contributed by atoms with E-state index < -0.39 is 0 Å². The Morgan fingerprint density at radius 2 is 2.27 bits per heavy atom. The van der Waals surface area contributed by atoms with E-state index in [4.69, 9.17) is 5.84 Å². The van der Waals surface area contributed by atoms with E-state index in [1.165, 1.54) is 18.4 Å². The standard InChI is InChI=1S/C12H21N3/c1-3-5-8-11(15-13)12-10(4-2)7-6-9-14-12/h6-7,9,11,15H,3-5,8,13H2,1-2H3. The van der Waals surface area contributed by atoms with Gasteiger partial charge in [-0.05, 0) is 24.5 Å². The summed E-state index contributed by atoms with van der Waals surface area (Å²) in [7, 11) is 0. The Bertz CT molecular complexity index is 286. The zero-order chi connectivity index (χ0) is 11.1. The number of rotatable bonds is 6. The van der Waals surface area contributed by atoms with E-state index in [0.717, 1.165) is 18.5 Å². The Labute approximate surface area is 92.1 Å². The van der Waals surface area contributed by atoms with Crippen molar-refractivity contribution in [2.75, 3.05) is 0 Å². The summed E-state index contributed by atoms with van der Waals surface area (Å²) in [6, 6.07) is 4.30. The Kier molecular flexibility index (Phi) is 5.29. The quantitative estimate of drug-likeness (QED) is 0.556. The van der Waals surface area contributed by atoms with Crippen LogP contribution in [0.5, 0.6) is 0 Å². The number of aromatic nitrogens is 1. The van der Waals surface area contributed by atoms with E-state index in [-0.39, 0.29) is 6.04 Å². The van der Waals surface area contributed by atoms with Crippen LogP contribution in [-0.2, 0) is 6.42 Å². The van der Waals surface area contributed by atoms with E-state index in [2.05, 4.69) is 30.3 Å². The molecule has 0 bridgehead atoms. The molecule has 1 unspecified atom stereocenters. The highest BCUT2D eigenvalue weighted by molar-refractivity contribution is 5.22. The Morgan fingerprint density at radius 3 is 2.87 bits per heavy atom. The molecule has 0 amide bonds. The molecule has 0 spiro atoms. The number of hydrogen-bond acceptors (Lipinski definition) is 3. The predicted molar refractivity (Wildman–Crippen MR) is 63.2 cm³/mol. The van der Waals surface area contributed by atoms with Crippen molar-refractivity contribution in [2.45, 2.75) is 45.6 Å². The van der Waals surface area contributed by atoms with Crippen LogP contribution in [0.1, 0.15) is 50.4 Å². The summed E-state index contributed by atoms with van der Waals surface area (Å²) in [6.45, 7) is 4.33. The van der Waals surface area contributed by atoms with Crippen molar-refractivity contribution in [1.29, 1.82) is 0 Å². The highest BCUT2D eigenvalue weighted by Crippen LogP contribution is 2.20. The maximum absolute atomic E-state index is 5.58. The van der Waals surface area contributed by atoms with Crippen molar-refractivity contribution in [3.05, 3.63) is 29.6 Å². The largest absolute Gasteiger partial charge is 0.271 e. The lowest BCUT2D eigenvalue weighted by atomic mass is 10.0. The molecule has 0 aliphatic rings. The third kappa shape index (κ3) is 3.29. The van der Waals surface area contributed by atoms with Crippen molar-refractivity contribution >= 4 is 0 Å². The molecule has 15 heavy (non-hydrogen) atoms. The molecule has 1 aromatic rings. The van der Waals surface area contributed by atoms with Gasteiger partial charge < -0.3 is 0 Å². The number of nitrogens with one attached hydrogen (secondary N) is 1. The minimum Gasteiger partial charge on any atom is -0.271 e. The van der Waals surface area contributed by atoms with E-state index in [0.29, 0.717) is 0 Å². The molecule has 0 aliphatic heterocycles. The molecule has 84 valence electrons. The second-order valence-corrected chi connectivity index (χ2v) is 3.76. The van der Waals surface area contributed by atoms with E-state index in [1.54, 1.807) is 0 Å². The van der Waals surface area contributed by atoms with Crippen LogP contribution in [0, 0.1) is 0 Å². The van der Waals surface area contributed by atoms with E-state index in [9.17, 15) is 0 Å². The first-order chi connectivity index (χ1) is 7.33. The lowest BCUT2D eigenvalue weighted by molar-refractivity contribution is 0.481. The molecule has 3 nitrogen and oxygen atoms in total. The minimum atomic E-state index is 0.195. The van der Waals surface area contributed by atoms with Gasteiger partial charge in [0.25, 0.3) is 0 Å². The van der Waals surface area contributed by atoms with E-state index in [1.807, 2.05) is 12.3 Å². The molecule has 1 aromatic heterocycles. The first-order valence-electron chi connectivity index (χ1n) is 5.73. The second-order valence-electron chi connectivity index (χ2n) is 3.76. The fourth-order valence-electron chi connectivity index (χ4n) is 1.77. The van der Waals surface area contributed by atoms with Crippen LogP contribution < -0.4 is 11.3 Å². The maximum Gasteiger partial charge on any atom is 0.0635 e. The zero-order valence-corrected chi connectivity index (χ0v) is 9.66. The fourth-order valence-corrected chi connectivity index (χ4v) is 1.77. The molecule has 0 aromatic carbocycles. The van der Waals surface area contributed by atoms with Crippen LogP contribution in [0.25, 0.3) is 0 Å². The maximum atomic E-state index is 5.58. The number of hydrazine groups is 1. The van der Waals surface area contributed by atoms with Gasteiger partial charge in [-0.15, -0.1) is 0 Å². The van der Waals surface area contributed by atoms with Gasteiger partial charge in [-0.1, -0.05) is 32.8 Å². The van der Waals surface area contributed by atoms with Gasteiger partial charge in [-0.2, -0.15) is 0 Å². The van der Waals surface area contributed by atoms with Crippen LogP contribution in [0.4, 0.5) is 0 Å². The summed E-state index contributed by atoms with van der Waals surface area (Å²) in [4.78, 5) is 4.43. The van der Waals surface area contributed by atoms with Crippen LogP contribution in [0.2, 0.25) is 0 Å². The van der Waals surface area contributed by atoms with Crippen LogP contribution in [0.15, 0.2) is 18.3 Å². The number of nitrogens with zero attached hydrogens (tertiary/aromatic N) is 1. The smallest absolute Gasteiger partial charge is 0.0635 e. The molecule has 0 saturated heterocycles. The highest BCUT2D eigenvalue weighted by atomic mass is 15.2. The summed E-state index contributed by atoms with van der Waals surface area (Å²) < 4.78 is 0. The zero-order valence-electron chi connectivity index (χ0n) is 9.66. The van der Waals surface area contributed by atoms with Gasteiger partial charge in [0, 0.05) is 6.20 Å². The van der Waals surface area contributed by atoms with Crippen LogP contribution in [-0.4, -0.2) is 4.98 Å². The van der Waals surface area contributed by atoms with Gasteiger partial charge >= 0.3 is 0 Å². The average molecular weight is 207 g/mol. The summed E-state index contributed by atoms with van der Waals surface area (Å²) in [5.41, 5.74) is 5.26. The third-order valence-corrected chi connectivity index (χ3v) is 2.68. The lowest BCUT2D eigenvalue weighted by Crippen LogP contribution is -2.29. The minimum absolute atomic E-state index is 0.195. The number of hydrogen-bond donors (Lipinski definition) is 2. The topological polar surface area (TPSA) is 50.9 Å². The second kappa shape index (κ2) is 6.53. The van der Waals surface area contributed by atoms with Gasteiger partial charge in [0.2, 0.25) is 0 Å². The summed E-state index contributed by atoms with van der Waals surface area (Å²) in [6.07, 6.45) is 6.26. The number of nitrogens with two attached hydrogens (primary N) is 1. The van der Waals surface area contributed by atoms with Crippen molar-refractivity contribution in [3.8, 4) is 0 Å². The van der Waals surface area contributed by atoms with Gasteiger partial charge in [0.1, 0.15) is 0 Å². The lowest BCUT2D eigenvalue weighted by Gasteiger charge is -2.17. The Morgan fingerprint density at radius 1 is 1.47 bits per heavy atom. The third-order valence-electron chi connectivity index (χ3n) is 2.68. The Balaban J connectivity index is 2.80. The molecular weight excluding hydrogens is 186 g/mol. The van der Waals surface area contributed by atoms with Crippen LogP contribution in [0.3, 0.4) is 0 Å². The summed E-state index contributed by atoms with van der Waals surface area (Å²) in [5.74, 6) is 5.58. The number of pyridine rings is 1.